The molecule has 1 aromatic carbocycles. The standard InChI is InChI=1S/C19H27N3O3/c1-14-11-15(5-6-17(14)25-2)13-22-10-7-20-19(24)16(22)12-18(23)21-8-3-4-9-21/h5-6,11,16H,3-4,7-10,12-13H2,1-2H3,(H,20,24)/t16-/m0/s1. The Labute approximate surface area is 149 Å². The van der Waals surface area contributed by atoms with Gasteiger partial charge in [0.15, 0.2) is 0 Å². The molecule has 6 heteroatoms. The summed E-state index contributed by atoms with van der Waals surface area (Å²) in [4.78, 5) is 28.9. The summed E-state index contributed by atoms with van der Waals surface area (Å²) < 4.78 is 5.31. The van der Waals surface area contributed by atoms with Crippen LogP contribution in [0.5, 0.6) is 5.75 Å². The van der Waals surface area contributed by atoms with Crippen LogP contribution in [0.4, 0.5) is 0 Å². The zero-order valence-corrected chi connectivity index (χ0v) is 15.1. The summed E-state index contributed by atoms with van der Waals surface area (Å²) in [6.45, 7) is 5.71. The predicted molar refractivity (Wildman–Crippen MR) is 95.4 cm³/mol. The summed E-state index contributed by atoms with van der Waals surface area (Å²) >= 11 is 0. The second-order valence-electron chi connectivity index (χ2n) is 6.87. The van der Waals surface area contributed by atoms with Crippen LogP contribution in [-0.2, 0) is 16.1 Å². The number of amides is 2. The van der Waals surface area contributed by atoms with Gasteiger partial charge in [-0.2, -0.15) is 0 Å². The highest BCUT2D eigenvalue weighted by Crippen LogP contribution is 2.22. The van der Waals surface area contributed by atoms with Gasteiger partial charge in [-0.25, -0.2) is 0 Å². The lowest BCUT2D eigenvalue weighted by Gasteiger charge is -2.35. The third-order valence-corrected chi connectivity index (χ3v) is 5.11. The largest absolute Gasteiger partial charge is 0.496 e. The van der Waals surface area contributed by atoms with E-state index in [9.17, 15) is 9.59 Å². The van der Waals surface area contributed by atoms with Crippen LogP contribution >= 0.6 is 0 Å². The summed E-state index contributed by atoms with van der Waals surface area (Å²) in [5, 5.41) is 2.90. The molecule has 0 unspecified atom stereocenters. The topological polar surface area (TPSA) is 61.9 Å². The maximum absolute atomic E-state index is 12.5. The molecular formula is C19H27N3O3. The molecule has 2 fully saturated rings. The Balaban J connectivity index is 1.69. The smallest absolute Gasteiger partial charge is 0.237 e. The zero-order chi connectivity index (χ0) is 17.8. The number of benzene rings is 1. The quantitative estimate of drug-likeness (QED) is 0.874. The van der Waals surface area contributed by atoms with Gasteiger partial charge in [0.1, 0.15) is 5.75 Å². The summed E-state index contributed by atoms with van der Waals surface area (Å²) in [7, 11) is 1.66. The van der Waals surface area contributed by atoms with E-state index in [0.29, 0.717) is 13.1 Å². The van der Waals surface area contributed by atoms with Gasteiger partial charge in [-0.1, -0.05) is 12.1 Å². The molecule has 2 heterocycles. The van der Waals surface area contributed by atoms with Gasteiger partial charge in [0.2, 0.25) is 11.8 Å². The number of aryl methyl sites for hydroxylation is 1. The molecule has 0 radical (unpaired) electrons. The number of carbonyl (C=O) groups excluding carboxylic acids is 2. The van der Waals surface area contributed by atoms with Gasteiger partial charge in [0.05, 0.1) is 19.6 Å². The van der Waals surface area contributed by atoms with E-state index >= 15 is 0 Å². The number of carbonyl (C=O) groups is 2. The molecule has 1 aromatic rings. The van der Waals surface area contributed by atoms with Gasteiger partial charge >= 0.3 is 0 Å². The van der Waals surface area contributed by atoms with Crippen molar-refractivity contribution >= 4 is 11.8 Å². The molecule has 1 N–H and O–H groups in total. The van der Waals surface area contributed by atoms with E-state index in [4.69, 9.17) is 4.74 Å². The maximum Gasteiger partial charge on any atom is 0.237 e. The zero-order valence-electron chi connectivity index (χ0n) is 15.1. The minimum absolute atomic E-state index is 0.0379. The Kier molecular flexibility index (Phi) is 5.58. The first-order valence-electron chi connectivity index (χ1n) is 9.01. The Bertz CT molecular complexity index is 641. The number of hydrogen-bond donors (Lipinski definition) is 1. The lowest BCUT2D eigenvalue weighted by molar-refractivity contribution is -0.138. The molecule has 136 valence electrons. The van der Waals surface area contributed by atoms with Gasteiger partial charge in [0.25, 0.3) is 0 Å². The number of ether oxygens (including phenoxy) is 1. The van der Waals surface area contributed by atoms with Crippen molar-refractivity contribution in [2.75, 3.05) is 33.3 Å². The Hall–Kier alpha value is -2.08. The number of nitrogens with zero attached hydrogens (tertiary/aromatic N) is 2. The molecule has 1 atom stereocenters. The number of methoxy groups -OCH3 is 1. The molecule has 2 aliphatic rings. The van der Waals surface area contributed by atoms with Gasteiger partial charge in [-0.15, -0.1) is 0 Å². The van der Waals surface area contributed by atoms with E-state index in [1.807, 2.05) is 24.0 Å². The number of rotatable bonds is 5. The molecule has 0 bridgehead atoms. The summed E-state index contributed by atoms with van der Waals surface area (Å²) in [6, 6.07) is 5.69. The number of nitrogens with one attached hydrogen (secondary N) is 1. The van der Waals surface area contributed by atoms with Crippen LogP contribution in [-0.4, -0.2) is 60.9 Å². The number of piperazine rings is 1. The molecule has 25 heavy (non-hydrogen) atoms. The van der Waals surface area contributed by atoms with Crippen LogP contribution in [0.3, 0.4) is 0 Å². The fraction of sp³-hybridized carbons (Fsp3) is 0.579. The van der Waals surface area contributed by atoms with E-state index in [1.165, 1.54) is 0 Å². The molecule has 2 saturated heterocycles. The number of hydrogen-bond acceptors (Lipinski definition) is 4. The van der Waals surface area contributed by atoms with Crippen molar-refractivity contribution in [3.63, 3.8) is 0 Å². The molecule has 3 rings (SSSR count). The van der Waals surface area contributed by atoms with E-state index < -0.39 is 0 Å². The summed E-state index contributed by atoms with van der Waals surface area (Å²) in [5.74, 6) is 0.917. The first kappa shape index (κ1) is 17.7. The molecule has 0 saturated carbocycles. The summed E-state index contributed by atoms with van der Waals surface area (Å²) in [6.07, 6.45) is 2.40. The van der Waals surface area contributed by atoms with Crippen molar-refractivity contribution in [2.24, 2.45) is 0 Å². The van der Waals surface area contributed by atoms with Crippen molar-refractivity contribution in [2.45, 2.75) is 38.8 Å². The highest BCUT2D eigenvalue weighted by atomic mass is 16.5. The van der Waals surface area contributed by atoms with Crippen LogP contribution in [0.15, 0.2) is 18.2 Å². The van der Waals surface area contributed by atoms with Crippen LogP contribution in [0, 0.1) is 6.92 Å². The van der Waals surface area contributed by atoms with Gasteiger partial charge < -0.3 is 15.0 Å². The summed E-state index contributed by atoms with van der Waals surface area (Å²) in [5.41, 5.74) is 2.21. The Morgan fingerprint density at radius 3 is 2.72 bits per heavy atom. The number of likely N-dealkylation sites (tertiary alicyclic amines) is 1. The minimum Gasteiger partial charge on any atom is -0.496 e. The average molecular weight is 345 g/mol. The molecular weight excluding hydrogens is 318 g/mol. The highest BCUT2D eigenvalue weighted by molar-refractivity contribution is 5.88. The third kappa shape index (κ3) is 4.12. The van der Waals surface area contributed by atoms with E-state index in [0.717, 1.165) is 49.4 Å². The van der Waals surface area contributed by atoms with Crippen LogP contribution in [0.25, 0.3) is 0 Å². The minimum atomic E-state index is -0.385. The molecule has 0 aromatic heterocycles. The van der Waals surface area contributed by atoms with E-state index in [-0.39, 0.29) is 24.3 Å². The fourth-order valence-electron chi connectivity index (χ4n) is 3.71. The lowest BCUT2D eigenvalue weighted by atomic mass is 10.0. The first-order valence-corrected chi connectivity index (χ1v) is 9.01. The third-order valence-electron chi connectivity index (χ3n) is 5.11. The molecule has 2 amide bonds. The lowest BCUT2D eigenvalue weighted by Crippen LogP contribution is -2.56. The van der Waals surface area contributed by atoms with E-state index in [1.54, 1.807) is 7.11 Å². The van der Waals surface area contributed by atoms with Crippen LogP contribution in [0.1, 0.15) is 30.4 Å². The normalized spacial score (nSPS) is 21.3. The van der Waals surface area contributed by atoms with Crippen molar-refractivity contribution in [3.05, 3.63) is 29.3 Å². The second-order valence-corrected chi connectivity index (χ2v) is 6.87. The van der Waals surface area contributed by atoms with Crippen molar-refractivity contribution in [3.8, 4) is 5.75 Å². The fourth-order valence-corrected chi connectivity index (χ4v) is 3.71. The van der Waals surface area contributed by atoms with Gasteiger partial charge in [-0.05, 0) is 37.0 Å². The van der Waals surface area contributed by atoms with Crippen molar-refractivity contribution in [1.29, 1.82) is 0 Å². The van der Waals surface area contributed by atoms with Crippen molar-refractivity contribution < 1.29 is 14.3 Å². The predicted octanol–water partition coefficient (Wildman–Crippen LogP) is 1.32. The molecule has 6 nitrogen and oxygen atoms in total. The molecule has 0 aliphatic carbocycles. The van der Waals surface area contributed by atoms with Gasteiger partial charge in [0, 0.05) is 32.7 Å². The van der Waals surface area contributed by atoms with Gasteiger partial charge in [-0.3, -0.25) is 14.5 Å². The van der Waals surface area contributed by atoms with E-state index in [2.05, 4.69) is 16.3 Å². The van der Waals surface area contributed by atoms with Crippen molar-refractivity contribution in [1.82, 2.24) is 15.1 Å². The molecule has 0 spiro atoms. The van der Waals surface area contributed by atoms with Crippen LogP contribution < -0.4 is 10.1 Å². The Morgan fingerprint density at radius 2 is 2.04 bits per heavy atom. The first-order chi connectivity index (χ1) is 12.1. The van der Waals surface area contributed by atoms with Crippen LogP contribution in [0.2, 0.25) is 0 Å². The highest BCUT2D eigenvalue weighted by Gasteiger charge is 2.33. The maximum atomic E-state index is 12.5. The SMILES string of the molecule is COc1ccc(CN2CCNC(=O)[C@@H]2CC(=O)N2CCCC2)cc1C. The Morgan fingerprint density at radius 1 is 1.28 bits per heavy atom. The average Bonchev–Trinajstić information content (AvgIpc) is 3.13. The molecule has 2 aliphatic heterocycles. The monoisotopic (exact) mass is 345 g/mol. The second kappa shape index (κ2) is 7.87.